The Morgan fingerprint density at radius 3 is 2.90 bits per heavy atom. The van der Waals surface area contributed by atoms with E-state index in [0.29, 0.717) is 23.2 Å². The van der Waals surface area contributed by atoms with Gasteiger partial charge in [-0.25, -0.2) is 4.68 Å². The summed E-state index contributed by atoms with van der Waals surface area (Å²) >= 11 is 0. The van der Waals surface area contributed by atoms with Crippen LogP contribution in [-0.4, -0.2) is 33.9 Å². The molecular weight excluding hydrogens is 264 g/mol. The van der Waals surface area contributed by atoms with Crippen molar-refractivity contribution in [1.29, 1.82) is 0 Å². The summed E-state index contributed by atoms with van der Waals surface area (Å²) in [4.78, 5) is 12.5. The fourth-order valence-corrected chi connectivity index (χ4v) is 2.48. The summed E-state index contributed by atoms with van der Waals surface area (Å²) in [6.45, 7) is 6.13. The molecule has 1 aromatic carbocycles. The van der Waals surface area contributed by atoms with Crippen molar-refractivity contribution in [3.63, 3.8) is 0 Å². The first-order valence-corrected chi connectivity index (χ1v) is 7.39. The van der Waals surface area contributed by atoms with Gasteiger partial charge in [0, 0.05) is 18.7 Å². The molecule has 1 aliphatic heterocycles. The zero-order chi connectivity index (χ0) is 14.8. The first kappa shape index (κ1) is 13.9. The number of nitrogens with zero attached hydrogens (tertiary/aromatic N) is 3. The van der Waals surface area contributed by atoms with Crippen molar-refractivity contribution in [3.8, 4) is 0 Å². The Hall–Kier alpha value is -2.01. The van der Waals surface area contributed by atoms with E-state index in [2.05, 4.69) is 35.5 Å². The molecule has 110 valence electrons. The minimum atomic E-state index is -0.0564. The standard InChI is InChI=1S/C16H20N4O/c1-11(2)6-12-4-3-5-13(7-12)16(21)15-10-20(19-18-15)14-8-17-9-14/h3-5,7,10-11,14,17H,6,8-9H2,1-2H3. The highest BCUT2D eigenvalue weighted by Gasteiger charge is 2.22. The van der Waals surface area contributed by atoms with Crippen molar-refractivity contribution in [3.05, 3.63) is 47.3 Å². The summed E-state index contributed by atoms with van der Waals surface area (Å²) in [6.07, 6.45) is 2.73. The van der Waals surface area contributed by atoms with Crippen molar-refractivity contribution in [2.24, 2.45) is 5.92 Å². The largest absolute Gasteiger partial charge is 0.312 e. The lowest BCUT2D eigenvalue weighted by atomic mass is 9.99. The number of carbonyl (C=O) groups is 1. The summed E-state index contributed by atoms with van der Waals surface area (Å²) in [7, 11) is 0. The van der Waals surface area contributed by atoms with Crippen LogP contribution in [0.3, 0.4) is 0 Å². The second-order valence-corrected chi connectivity index (χ2v) is 6.02. The molecule has 0 saturated carbocycles. The second kappa shape index (κ2) is 5.77. The van der Waals surface area contributed by atoms with Crippen molar-refractivity contribution in [2.45, 2.75) is 26.3 Å². The highest BCUT2D eigenvalue weighted by Crippen LogP contribution is 2.15. The van der Waals surface area contributed by atoms with Gasteiger partial charge in [0.15, 0.2) is 5.69 Å². The number of nitrogens with one attached hydrogen (secondary N) is 1. The van der Waals surface area contributed by atoms with Gasteiger partial charge in [0.2, 0.25) is 5.78 Å². The minimum Gasteiger partial charge on any atom is -0.312 e. The lowest BCUT2D eigenvalue weighted by Crippen LogP contribution is -2.43. The van der Waals surface area contributed by atoms with Crippen molar-refractivity contribution in [2.75, 3.05) is 13.1 Å². The summed E-state index contributed by atoms with van der Waals surface area (Å²) in [6, 6.07) is 8.13. The first-order chi connectivity index (χ1) is 10.1. The van der Waals surface area contributed by atoms with Crippen LogP contribution in [-0.2, 0) is 6.42 Å². The molecule has 3 rings (SSSR count). The molecule has 0 amide bonds. The molecule has 0 atom stereocenters. The van der Waals surface area contributed by atoms with Gasteiger partial charge in [0.25, 0.3) is 0 Å². The van der Waals surface area contributed by atoms with Crippen LogP contribution in [0.4, 0.5) is 0 Å². The Kier molecular flexibility index (Phi) is 3.84. The van der Waals surface area contributed by atoms with Crippen LogP contribution in [0.25, 0.3) is 0 Å². The molecule has 0 aliphatic carbocycles. The SMILES string of the molecule is CC(C)Cc1cccc(C(=O)c2cn(C3CNC3)nn2)c1. The lowest BCUT2D eigenvalue weighted by Gasteiger charge is -2.26. The van der Waals surface area contributed by atoms with Crippen LogP contribution in [0.5, 0.6) is 0 Å². The van der Waals surface area contributed by atoms with Gasteiger partial charge in [0.1, 0.15) is 0 Å². The molecule has 0 bridgehead atoms. The van der Waals surface area contributed by atoms with Gasteiger partial charge in [-0.15, -0.1) is 5.10 Å². The van der Waals surface area contributed by atoms with E-state index >= 15 is 0 Å². The fraction of sp³-hybridized carbons (Fsp3) is 0.438. The van der Waals surface area contributed by atoms with Crippen LogP contribution in [0.2, 0.25) is 0 Å². The highest BCUT2D eigenvalue weighted by atomic mass is 16.1. The van der Waals surface area contributed by atoms with Gasteiger partial charge in [-0.1, -0.05) is 37.3 Å². The number of rotatable bonds is 5. The molecule has 1 saturated heterocycles. The molecule has 0 spiro atoms. The Morgan fingerprint density at radius 1 is 1.43 bits per heavy atom. The predicted octanol–water partition coefficient (Wildman–Crippen LogP) is 1.85. The number of ketones is 1. The average Bonchev–Trinajstić information content (AvgIpc) is 2.84. The molecule has 21 heavy (non-hydrogen) atoms. The third-order valence-corrected chi connectivity index (χ3v) is 3.71. The van der Waals surface area contributed by atoms with Crippen molar-refractivity contribution < 1.29 is 4.79 Å². The second-order valence-electron chi connectivity index (χ2n) is 6.02. The summed E-state index contributed by atoms with van der Waals surface area (Å²) < 4.78 is 1.78. The maximum Gasteiger partial charge on any atom is 0.214 e. The van der Waals surface area contributed by atoms with E-state index in [1.54, 1.807) is 10.9 Å². The molecule has 5 heteroatoms. The Labute approximate surface area is 124 Å². The van der Waals surface area contributed by atoms with Gasteiger partial charge in [0.05, 0.1) is 12.2 Å². The van der Waals surface area contributed by atoms with E-state index in [1.807, 2.05) is 18.2 Å². The topological polar surface area (TPSA) is 59.8 Å². The normalized spacial score (nSPS) is 15.2. The smallest absolute Gasteiger partial charge is 0.214 e. The molecule has 5 nitrogen and oxygen atoms in total. The van der Waals surface area contributed by atoms with E-state index in [0.717, 1.165) is 19.5 Å². The minimum absolute atomic E-state index is 0.0564. The van der Waals surface area contributed by atoms with E-state index in [4.69, 9.17) is 0 Å². The number of hydrogen-bond acceptors (Lipinski definition) is 4. The lowest BCUT2D eigenvalue weighted by molar-refractivity contribution is 0.103. The summed E-state index contributed by atoms with van der Waals surface area (Å²) in [5, 5.41) is 11.3. The molecule has 0 radical (unpaired) electrons. The maximum atomic E-state index is 12.5. The predicted molar refractivity (Wildman–Crippen MR) is 80.3 cm³/mol. The highest BCUT2D eigenvalue weighted by molar-refractivity contribution is 6.07. The van der Waals surface area contributed by atoms with Gasteiger partial charge >= 0.3 is 0 Å². The van der Waals surface area contributed by atoms with Crippen LogP contribution in [0, 0.1) is 5.92 Å². The Bertz CT molecular complexity index is 643. The van der Waals surface area contributed by atoms with Crippen LogP contribution >= 0.6 is 0 Å². The zero-order valence-electron chi connectivity index (χ0n) is 12.4. The molecule has 2 heterocycles. The molecule has 0 unspecified atom stereocenters. The maximum absolute atomic E-state index is 12.5. The van der Waals surface area contributed by atoms with Crippen LogP contribution < -0.4 is 5.32 Å². The number of benzene rings is 1. The van der Waals surface area contributed by atoms with E-state index in [9.17, 15) is 4.79 Å². The summed E-state index contributed by atoms with van der Waals surface area (Å²) in [5.41, 5.74) is 2.29. The molecule has 1 fully saturated rings. The van der Waals surface area contributed by atoms with Gasteiger partial charge < -0.3 is 5.32 Å². The van der Waals surface area contributed by atoms with E-state index in [1.165, 1.54) is 5.56 Å². The third kappa shape index (κ3) is 3.03. The number of carbonyl (C=O) groups excluding carboxylic acids is 1. The van der Waals surface area contributed by atoms with E-state index in [-0.39, 0.29) is 5.78 Å². The Morgan fingerprint density at radius 2 is 2.24 bits per heavy atom. The van der Waals surface area contributed by atoms with Crippen molar-refractivity contribution in [1.82, 2.24) is 20.3 Å². The quantitative estimate of drug-likeness (QED) is 0.851. The molecule has 1 N–H and O–H groups in total. The number of aromatic nitrogens is 3. The van der Waals surface area contributed by atoms with Gasteiger partial charge in [-0.3, -0.25) is 4.79 Å². The average molecular weight is 284 g/mol. The zero-order valence-corrected chi connectivity index (χ0v) is 12.4. The first-order valence-electron chi connectivity index (χ1n) is 7.39. The van der Waals surface area contributed by atoms with Gasteiger partial charge in [-0.2, -0.15) is 0 Å². The number of hydrogen-bond donors (Lipinski definition) is 1. The third-order valence-electron chi connectivity index (χ3n) is 3.71. The van der Waals surface area contributed by atoms with E-state index < -0.39 is 0 Å². The van der Waals surface area contributed by atoms with Crippen LogP contribution in [0.1, 0.15) is 41.5 Å². The summed E-state index contributed by atoms with van der Waals surface area (Å²) in [5.74, 6) is 0.515. The fourth-order valence-electron chi connectivity index (χ4n) is 2.48. The molecular formula is C16H20N4O. The monoisotopic (exact) mass is 284 g/mol. The van der Waals surface area contributed by atoms with Crippen LogP contribution in [0.15, 0.2) is 30.5 Å². The molecule has 1 aliphatic rings. The Balaban J connectivity index is 1.79. The molecule has 2 aromatic rings. The molecule has 1 aromatic heterocycles. The van der Waals surface area contributed by atoms with Crippen molar-refractivity contribution >= 4 is 5.78 Å². The van der Waals surface area contributed by atoms with Gasteiger partial charge in [-0.05, 0) is 24.0 Å².